The van der Waals surface area contributed by atoms with E-state index in [4.69, 9.17) is 4.74 Å². The van der Waals surface area contributed by atoms with Gasteiger partial charge in [-0.1, -0.05) is 29.8 Å². The molecule has 0 aromatic heterocycles. The third-order valence-corrected chi connectivity index (χ3v) is 4.95. The van der Waals surface area contributed by atoms with Crippen LogP contribution in [0.15, 0.2) is 30.3 Å². The Kier molecular flexibility index (Phi) is 5.62. The number of hydrogen-bond donors (Lipinski definition) is 0. The van der Waals surface area contributed by atoms with E-state index in [2.05, 4.69) is 46.8 Å². The summed E-state index contributed by atoms with van der Waals surface area (Å²) in [4.78, 5) is 0. The summed E-state index contributed by atoms with van der Waals surface area (Å²) in [6.07, 6.45) is 0. The molecule has 0 spiro atoms. The molecule has 2 aromatic rings. The normalized spacial score (nSPS) is 15.8. The topological polar surface area (TPSA) is 12.2 Å². The van der Waals surface area contributed by atoms with Crippen molar-refractivity contribution in [2.45, 2.75) is 40.2 Å². The quantitative estimate of drug-likeness (QED) is 0.498. The van der Waals surface area contributed by atoms with Gasteiger partial charge in [0.05, 0.1) is 0 Å². The number of nitrogens with zero attached hydrogens (tertiary/aromatic N) is 1. The van der Waals surface area contributed by atoms with Crippen LogP contribution in [0.2, 0.25) is 0 Å². The molecule has 0 saturated heterocycles. The first-order chi connectivity index (χ1) is 11.2. The van der Waals surface area contributed by atoms with E-state index in [9.17, 15) is 4.39 Å². The number of halogens is 2. The fourth-order valence-corrected chi connectivity index (χ4v) is 3.51. The highest BCUT2D eigenvalue weighted by Gasteiger charge is 2.42. The van der Waals surface area contributed by atoms with Crippen LogP contribution in [0.1, 0.15) is 36.1 Å². The first-order valence-electron chi connectivity index (χ1n) is 8.33. The van der Waals surface area contributed by atoms with E-state index in [1.54, 1.807) is 6.07 Å². The molecule has 0 unspecified atom stereocenters. The van der Waals surface area contributed by atoms with Crippen LogP contribution in [0.25, 0.3) is 11.1 Å². The second-order valence-electron chi connectivity index (χ2n) is 7.40. The Morgan fingerprint density at radius 2 is 1.64 bits per heavy atom. The number of aryl methyl sites for hydroxylation is 3. The molecule has 0 radical (unpaired) electrons. The fraction of sp³-hybridized carbons (Fsp3) is 0.381. The lowest BCUT2D eigenvalue weighted by Gasteiger charge is -2.15. The molecule has 0 aliphatic carbocycles. The molecule has 0 fully saturated rings. The van der Waals surface area contributed by atoms with E-state index in [-0.39, 0.29) is 35.3 Å². The summed E-state index contributed by atoms with van der Waals surface area (Å²) in [5.41, 5.74) is 5.91. The number of hydrogen-bond acceptors (Lipinski definition) is 1. The Bertz CT molecular complexity index is 832. The Morgan fingerprint density at radius 3 is 2.16 bits per heavy atom. The van der Waals surface area contributed by atoms with Crippen LogP contribution in [0.3, 0.4) is 0 Å². The lowest BCUT2D eigenvalue weighted by atomic mass is 9.90. The lowest BCUT2D eigenvalue weighted by Crippen LogP contribution is -3.00. The standard InChI is InChI=1S/C21H25FNO.HI/c1-13-10-14(2)18(15(3)11-13)16-8-7-9-17(22)19(16)20-23(6)21(4,5)12-24-20;/h7-11H,12H2,1-6H3;1H/q+1;/p-1. The van der Waals surface area contributed by atoms with E-state index >= 15 is 0 Å². The van der Waals surface area contributed by atoms with Crippen molar-refractivity contribution in [3.63, 3.8) is 0 Å². The average Bonchev–Trinajstić information content (AvgIpc) is 2.73. The van der Waals surface area contributed by atoms with Crippen LogP contribution < -0.4 is 24.0 Å². The van der Waals surface area contributed by atoms with Gasteiger partial charge in [0.2, 0.25) is 0 Å². The Morgan fingerprint density at radius 1 is 1.04 bits per heavy atom. The molecule has 2 nitrogen and oxygen atoms in total. The smallest absolute Gasteiger partial charge is 0.374 e. The van der Waals surface area contributed by atoms with E-state index in [1.165, 1.54) is 11.6 Å². The maximum atomic E-state index is 14.8. The third kappa shape index (κ3) is 3.46. The van der Waals surface area contributed by atoms with Crippen molar-refractivity contribution < 1.29 is 37.7 Å². The van der Waals surface area contributed by atoms with E-state index in [0.717, 1.165) is 22.3 Å². The van der Waals surface area contributed by atoms with Crippen LogP contribution >= 0.6 is 0 Å². The van der Waals surface area contributed by atoms with Gasteiger partial charge in [0.1, 0.15) is 18.4 Å². The second kappa shape index (κ2) is 7.06. The van der Waals surface area contributed by atoms with Gasteiger partial charge >= 0.3 is 5.90 Å². The van der Waals surface area contributed by atoms with Gasteiger partial charge in [0.15, 0.2) is 12.1 Å². The largest absolute Gasteiger partial charge is 1.00 e. The molecule has 1 aliphatic heterocycles. The SMILES string of the molecule is Cc1cc(C)c(-c2cccc(F)c2C2=[N+](C)C(C)(C)CO2)c(C)c1.[I-]. The molecule has 0 N–H and O–H groups in total. The van der Waals surface area contributed by atoms with Crippen molar-refractivity contribution in [3.05, 3.63) is 58.4 Å². The number of rotatable bonds is 2. The minimum Gasteiger partial charge on any atom is -1.00 e. The number of likely N-dealkylation sites (N-methyl/N-ethyl adjacent to an activating group) is 1. The summed E-state index contributed by atoms with van der Waals surface area (Å²) in [5, 5.41) is 0. The minimum atomic E-state index is -0.244. The molecule has 3 rings (SSSR count). The van der Waals surface area contributed by atoms with E-state index in [1.807, 2.05) is 17.7 Å². The molecule has 134 valence electrons. The molecule has 4 heteroatoms. The lowest BCUT2D eigenvalue weighted by molar-refractivity contribution is -0.562. The summed E-state index contributed by atoms with van der Waals surface area (Å²) in [7, 11) is 1.97. The summed E-state index contributed by atoms with van der Waals surface area (Å²) in [6, 6.07) is 9.55. The predicted molar refractivity (Wildman–Crippen MR) is 96.4 cm³/mol. The fourth-order valence-electron chi connectivity index (χ4n) is 3.51. The molecule has 2 aromatic carbocycles. The van der Waals surface area contributed by atoms with Gasteiger partial charge < -0.3 is 28.7 Å². The summed E-state index contributed by atoms with van der Waals surface area (Å²) in [5.74, 6) is 0.374. The molecular weight excluding hydrogens is 428 g/mol. The van der Waals surface area contributed by atoms with Gasteiger partial charge in [-0.3, -0.25) is 0 Å². The highest BCUT2D eigenvalue weighted by Crippen LogP contribution is 2.34. The summed E-state index contributed by atoms with van der Waals surface area (Å²) >= 11 is 0. The monoisotopic (exact) mass is 453 g/mol. The molecule has 0 saturated carbocycles. The predicted octanol–water partition coefficient (Wildman–Crippen LogP) is 1.62. The maximum absolute atomic E-state index is 14.8. The maximum Gasteiger partial charge on any atom is 0.374 e. The molecular formula is C21H25FINO. The van der Waals surface area contributed by atoms with Gasteiger partial charge in [-0.15, -0.1) is 0 Å². The van der Waals surface area contributed by atoms with E-state index in [0.29, 0.717) is 18.1 Å². The van der Waals surface area contributed by atoms with Crippen LogP contribution in [-0.2, 0) is 4.74 Å². The summed E-state index contributed by atoms with van der Waals surface area (Å²) in [6.45, 7) is 11.0. The minimum absolute atomic E-state index is 0. The van der Waals surface area contributed by atoms with Crippen LogP contribution in [0.5, 0.6) is 0 Å². The van der Waals surface area contributed by atoms with Gasteiger partial charge in [-0.2, -0.15) is 4.58 Å². The molecule has 1 heterocycles. The second-order valence-corrected chi connectivity index (χ2v) is 7.40. The van der Waals surface area contributed by atoms with Gasteiger partial charge in [-0.25, -0.2) is 4.39 Å². The molecule has 0 bridgehead atoms. The van der Waals surface area contributed by atoms with Crippen molar-refractivity contribution in [1.29, 1.82) is 0 Å². The van der Waals surface area contributed by atoms with Crippen molar-refractivity contribution in [2.75, 3.05) is 13.7 Å². The Labute approximate surface area is 166 Å². The zero-order valence-electron chi connectivity index (χ0n) is 15.7. The van der Waals surface area contributed by atoms with Crippen molar-refractivity contribution in [2.24, 2.45) is 0 Å². The molecule has 25 heavy (non-hydrogen) atoms. The summed E-state index contributed by atoms with van der Waals surface area (Å²) < 4.78 is 22.8. The van der Waals surface area contributed by atoms with Gasteiger partial charge in [0, 0.05) is 19.4 Å². The van der Waals surface area contributed by atoms with E-state index < -0.39 is 0 Å². The third-order valence-electron chi connectivity index (χ3n) is 4.95. The highest BCUT2D eigenvalue weighted by atomic mass is 127. The first-order valence-corrected chi connectivity index (χ1v) is 8.33. The highest BCUT2D eigenvalue weighted by molar-refractivity contribution is 5.99. The molecule has 0 amide bonds. The van der Waals surface area contributed by atoms with Crippen molar-refractivity contribution in [1.82, 2.24) is 0 Å². The zero-order valence-corrected chi connectivity index (χ0v) is 17.9. The molecule has 1 aliphatic rings. The van der Waals surface area contributed by atoms with Gasteiger partial charge in [-0.05, 0) is 43.5 Å². The van der Waals surface area contributed by atoms with Gasteiger partial charge in [0.25, 0.3) is 0 Å². The average molecular weight is 453 g/mol. The van der Waals surface area contributed by atoms with Crippen molar-refractivity contribution >= 4 is 5.90 Å². The number of ether oxygens (including phenoxy) is 1. The van der Waals surface area contributed by atoms with Crippen LogP contribution in [0.4, 0.5) is 4.39 Å². The molecule has 0 atom stereocenters. The van der Waals surface area contributed by atoms with Crippen LogP contribution in [0, 0.1) is 26.6 Å². The first kappa shape index (κ1) is 19.9. The van der Waals surface area contributed by atoms with Crippen molar-refractivity contribution in [3.8, 4) is 11.1 Å². The van der Waals surface area contributed by atoms with Crippen LogP contribution in [-0.4, -0.2) is 29.7 Å². The number of benzene rings is 2. The Balaban J connectivity index is 0.00000225. The zero-order chi connectivity index (χ0) is 17.6. The Hall–Kier alpha value is -1.43.